The van der Waals surface area contributed by atoms with Crippen molar-refractivity contribution in [1.29, 1.82) is 0 Å². The third kappa shape index (κ3) is 5.61. The first kappa shape index (κ1) is 16.0. The van der Waals surface area contributed by atoms with Gasteiger partial charge in [0, 0.05) is 18.2 Å². The fourth-order valence-corrected chi connectivity index (χ4v) is 2.21. The van der Waals surface area contributed by atoms with Gasteiger partial charge in [-0.25, -0.2) is 0 Å². The van der Waals surface area contributed by atoms with Crippen molar-refractivity contribution in [3.05, 3.63) is 28.2 Å². The van der Waals surface area contributed by atoms with Crippen molar-refractivity contribution in [2.75, 3.05) is 13.7 Å². The van der Waals surface area contributed by atoms with Gasteiger partial charge in [-0.15, -0.1) is 0 Å². The largest absolute Gasteiger partial charge is 0.492 e. The quantitative estimate of drug-likeness (QED) is 0.808. The summed E-state index contributed by atoms with van der Waals surface area (Å²) in [4.78, 5) is 11.5. The molecule has 0 spiro atoms. The second-order valence-corrected chi connectivity index (χ2v) is 5.43. The highest BCUT2D eigenvalue weighted by Crippen LogP contribution is 2.29. The molecule has 2 N–H and O–H groups in total. The van der Waals surface area contributed by atoms with Gasteiger partial charge in [-0.1, -0.05) is 12.1 Å². The van der Waals surface area contributed by atoms with Crippen molar-refractivity contribution >= 4 is 21.8 Å². The lowest BCUT2D eigenvalue weighted by Crippen LogP contribution is -2.31. The first-order chi connectivity index (χ1) is 9.04. The number of rotatable bonds is 7. The maximum absolute atomic E-state index is 11.5. The molecular weight excluding hydrogens is 308 g/mol. The van der Waals surface area contributed by atoms with E-state index in [1.807, 2.05) is 39.1 Å². The van der Waals surface area contributed by atoms with Crippen LogP contribution in [0.25, 0.3) is 0 Å². The fraction of sp³-hybridized carbons (Fsp3) is 0.500. The Hall–Kier alpha value is -1.07. The van der Waals surface area contributed by atoms with Gasteiger partial charge in [0.15, 0.2) is 0 Å². The molecule has 1 aromatic carbocycles. The summed E-state index contributed by atoms with van der Waals surface area (Å²) in [5.74, 6) is 0.811. The Kier molecular flexibility index (Phi) is 6.87. The SMILES string of the molecule is CNCc1cccc(Br)c1OCCC(=O)NC(C)C. The van der Waals surface area contributed by atoms with E-state index in [9.17, 15) is 4.79 Å². The Balaban J connectivity index is 2.55. The Morgan fingerprint density at radius 1 is 1.42 bits per heavy atom. The molecule has 0 heterocycles. The zero-order valence-corrected chi connectivity index (χ0v) is 13.2. The number of carbonyl (C=O) groups excluding carboxylic acids is 1. The third-order valence-electron chi connectivity index (χ3n) is 2.44. The van der Waals surface area contributed by atoms with Crippen molar-refractivity contribution < 1.29 is 9.53 Å². The van der Waals surface area contributed by atoms with Crippen LogP contribution in [0, 0.1) is 0 Å². The van der Waals surface area contributed by atoms with Gasteiger partial charge in [0.05, 0.1) is 17.5 Å². The van der Waals surface area contributed by atoms with Crippen LogP contribution >= 0.6 is 15.9 Å². The van der Waals surface area contributed by atoms with Gasteiger partial charge in [0.1, 0.15) is 5.75 Å². The molecule has 1 amide bonds. The van der Waals surface area contributed by atoms with E-state index in [1.165, 1.54) is 0 Å². The van der Waals surface area contributed by atoms with Crippen LogP contribution in [0.4, 0.5) is 0 Å². The summed E-state index contributed by atoms with van der Waals surface area (Å²) in [6, 6.07) is 6.07. The lowest BCUT2D eigenvalue weighted by Gasteiger charge is -2.13. The number of hydrogen-bond donors (Lipinski definition) is 2. The standard InChI is InChI=1S/C14H21BrN2O2/c1-10(2)17-13(18)7-8-19-14-11(9-16-3)5-4-6-12(14)15/h4-6,10,16H,7-9H2,1-3H3,(H,17,18). The van der Waals surface area contributed by atoms with E-state index in [4.69, 9.17) is 4.74 Å². The minimum absolute atomic E-state index is 0.0113. The summed E-state index contributed by atoms with van der Waals surface area (Å²) in [6.07, 6.45) is 0.360. The van der Waals surface area contributed by atoms with Crippen LogP contribution in [0.2, 0.25) is 0 Å². The Morgan fingerprint density at radius 3 is 2.79 bits per heavy atom. The van der Waals surface area contributed by atoms with E-state index in [1.54, 1.807) is 0 Å². The number of carbonyl (C=O) groups is 1. The summed E-state index contributed by atoms with van der Waals surface area (Å²) >= 11 is 3.47. The van der Waals surface area contributed by atoms with E-state index in [0.29, 0.717) is 13.0 Å². The first-order valence-electron chi connectivity index (χ1n) is 6.38. The first-order valence-corrected chi connectivity index (χ1v) is 7.18. The smallest absolute Gasteiger partial charge is 0.223 e. The molecule has 0 saturated heterocycles. The van der Waals surface area contributed by atoms with E-state index >= 15 is 0 Å². The van der Waals surface area contributed by atoms with Gasteiger partial charge in [-0.3, -0.25) is 4.79 Å². The molecule has 1 aromatic rings. The minimum Gasteiger partial charge on any atom is -0.492 e. The molecule has 0 bridgehead atoms. The van der Waals surface area contributed by atoms with Crippen molar-refractivity contribution in [2.24, 2.45) is 0 Å². The Labute approximate surface area is 123 Å². The van der Waals surface area contributed by atoms with E-state index in [-0.39, 0.29) is 11.9 Å². The van der Waals surface area contributed by atoms with Crippen LogP contribution in [0.15, 0.2) is 22.7 Å². The number of ether oxygens (including phenoxy) is 1. The normalized spacial score (nSPS) is 10.6. The topological polar surface area (TPSA) is 50.4 Å². The van der Waals surface area contributed by atoms with Gasteiger partial charge in [-0.05, 0) is 42.9 Å². The molecule has 19 heavy (non-hydrogen) atoms. The minimum atomic E-state index is 0.0113. The lowest BCUT2D eigenvalue weighted by atomic mass is 10.2. The average Bonchev–Trinajstić information content (AvgIpc) is 2.32. The molecular formula is C14H21BrN2O2. The van der Waals surface area contributed by atoms with E-state index in [0.717, 1.165) is 22.3 Å². The average molecular weight is 329 g/mol. The zero-order valence-electron chi connectivity index (χ0n) is 11.6. The van der Waals surface area contributed by atoms with Crippen molar-refractivity contribution in [2.45, 2.75) is 32.9 Å². The molecule has 0 radical (unpaired) electrons. The fourth-order valence-electron chi connectivity index (χ4n) is 1.68. The van der Waals surface area contributed by atoms with E-state index < -0.39 is 0 Å². The van der Waals surface area contributed by atoms with Crippen LogP contribution < -0.4 is 15.4 Å². The van der Waals surface area contributed by atoms with Crippen molar-refractivity contribution in [1.82, 2.24) is 10.6 Å². The van der Waals surface area contributed by atoms with Crippen LogP contribution in [-0.4, -0.2) is 25.6 Å². The molecule has 0 atom stereocenters. The molecule has 1 rings (SSSR count). The molecule has 0 aliphatic rings. The molecule has 5 heteroatoms. The molecule has 0 saturated carbocycles. The monoisotopic (exact) mass is 328 g/mol. The number of nitrogens with one attached hydrogen (secondary N) is 2. The lowest BCUT2D eigenvalue weighted by molar-refractivity contribution is -0.122. The maximum Gasteiger partial charge on any atom is 0.223 e. The number of hydrogen-bond acceptors (Lipinski definition) is 3. The van der Waals surface area contributed by atoms with Crippen LogP contribution in [-0.2, 0) is 11.3 Å². The molecule has 0 aliphatic heterocycles. The third-order valence-corrected chi connectivity index (χ3v) is 3.07. The summed E-state index contributed by atoms with van der Waals surface area (Å²) in [6.45, 7) is 4.99. The van der Waals surface area contributed by atoms with Gasteiger partial charge in [0.2, 0.25) is 5.91 Å². The van der Waals surface area contributed by atoms with Crippen molar-refractivity contribution in [3.63, 3.8) is 0 Å². The van der Waals surface area contributed by atoms with E-state index in [2.05, 4.69) is 26.6 Å². The van der Waals surface area contributed by atoms with Gasteiger partial charge < -0.3 is 15.4 Å². The number of halogens is 1. The van der Waals surface area contributed by atoms with Crippen LogP contribution in [0.3, 0.4) is 0 Å². The van der Waals surface area contributed by atoms with Gasteiger partial charge in [-0.2, -0.15) is 0 Å². The molecule has 0 aromatic heterocycles. The number of para-hydroxylation sites is 1. The summed E-state index contributed by atoms with van der Waals surface area (Å²) in [5, 5.41) is 5.94. The molecule has 4 nitrogen and oxygen atoms in total. The maximum atomic E-state index is 11.5. The van der Waals surface area contributed by atoms with Crippen LogP contribution in [0.1, 0.15) is 25.8 Å². The van der Waals surface area contributed by atoms with Gasteiger partial charge >= 0.3 is 0 Å². The number of benzene rings is 1. The highest BCUT2D eigenvalue weighted by atomic mass is 79.9. The number of amides is 1. The highest BCUT2D eigenvalue weighted by Gasteiger charge is 2.09. The second-order valence-electron chi connectivity index (χ2n) is 4.58. The summed E-state index contributed by atoms with van der Waals surface area (Å²) < 4.78 is 6.63. The molecule has 0 aliphatic carbocycles. The molecule has 0 unspecified atom stereocenters. The predicted octanol–water partition coefficient (Wildman–Crippen LogP) is 2.46. The molecule has 0 fully saturated rings. The molecule has 106 valence electrons. The summed E-state index contributed by atoms with van der Waals surface area (Å²) in [5.41, 5.74) is 1.07. The predicted molar refractivity (Wildman–Crippen MR) is 80.3 cm³/mol. The zero-order chi connectivity index (χ0) is 14.3. The van der Waals surface area contributed by atoms with Crippen molar-refractivity contribution in [3.8, 4) is 5.75 Å². The van der Waals surface area contributed by atoms with Gasteiger partial charge in [0.25, 0.3) is 0 Å². The Morgan fingerprint density at radius 2 is 2.16 bits per heavy atom. The highest BCUT2D eigenvalue weighted by molar-refractivity contribution is 9.10. The Bertz CT molecular complexity index is 422. The second kappa shape index (κ2) is 8.17. The summed E-state index contributed by atoms with van der Waals surface area (Å²) in [7, 11) is 1.89. The van der Waals surface area contributed by atoms with Crippen LogP contribution in [0.5, 0.6) is 5.75 Å².